The predicted octanol–water partition coefficient (Wildman–Crippen LogP) is 5.92. The Labute approximate surface area is 240 Å². The van der Waals surface area contributed by atoms with Gasteiger partial charge in [0.2, 0.25) is 0 Å². The molecule has 4 aromatic rings. The molecule has 0 aliphatic heterocycles. The van der Waals surface area contributed by atoms with Crippen LogP contribution in [0.15, 0.2) is 48.9 Å². The minimum Gasteiger partial charge on any atom is -0.460 e. The lowest BCUT2D eigenvalue weighted by atomic mass is 9.91. The summed E-state index contributed by atoms with van der Waals surface area (Å²) in [5.41, 5.74) is 1.05. The van der Waals surface area contributed by atoms with Crippen molar-refractivity contribution in [2.75, 3.05) is 10.6 Å². The number of carbonyl (C=O) groups is 1. The molecule has 4 rings (SSSR count). The van der Waals surface area contributed by atoms with Crippen LogP contribution in [-0.4, -0.2) is 36.5 Å². The lowest BCUT2D eigenvalue weighted by molar-refractivity contribution is -0.155. The topological polar surface area (TPSA) is 131 Å². The van der Waals surface area contributed by atoms with Gasteiger partial charge in [-0.15, -0.1) is 4.80 Å². The van der Waals surface area contributed by atoms with E-state index in [2.05, 4.69) is 30.8 Å². The van der Waals surface area contributed by atoms with Crippen LogP contribution < -0.4 is 10.6 Å². The van der Waals surface area contributed by atoms with Crippen LogP contribution in [0, 0.1) is 41.6 Å². The fraction of sp³-hybridized carbons (Fsp3) is 0.310. The molecular weight excluding hydrogens is 549 g/mol. The van der Waals surface area contributed by atoms with Crippen molar-refractivity contribution in [3.63, 3.8) is 0 Å². The van der Waals surface area contributed by atoms with Crippen LogP contribution in [0.1, 0.15) is 57.0 Å². The molecule has 0 radical (unpaired) electrons. The van der Waals surface area contributed by atoms with Crippen LogP contribution in [0.4, 0.5) is 30.5 Å². The number of esters is 1. The largest absolute Gasteiger partial charge is 0.460 e. The van der Waals surface area contributed by atoms with Crippen molar-refractivity contribution in [3.05, 3.63) is 83.2 Å². The highest BCUT2D eigenvalue weighted by Gasteiger charge is 2.27. The lowest BCUT2D eigenvalue weighted by Gasteiger charge is -2.28. The summed E-state index contributed by atoms with van der Waals surface area (Å²) in [5, 5.41) is 23.8. The molecule has 0 unspecified atom stereocenters. The fourth-order valence-corrected chi connectivity index (χ4v) is 4.21. The van der Waals surface area contributed by atoms with E-state index in [1.165, 1.54) is 29.5 Å². The molecule has 10 nitrogen and oxygen atoms in total. The standard InChI is InChI=1S/C29H29F3N8O2/c1-16(10-25(41)42-29(3,4)5)26(18-6-7-21(30)22(31)11-18)38-28-23(32)12-19(14-33)27(39-28)37-20-13-24(17(2)34-15-20)40-35-8-9-36-40/h6-9,11-13,15-16,26H,10H2,1-5H3,(H2,37,38,39)/t16-,26+/m1/s1. The molecule has 0 fully saturated rings. The number of aromatic nitrogens is 5. The molecule has 3 aromatic heterocycles. The summed E-state index contributed by atoms with van der Waals surface area (Å²) < 4.78 is 48.7. The molecule has 1 aromatic carbocycles. The summed E-state index contributed by atoms with van der Waals surface area (Å²) in [7, 11) is 0. The van der Waals surface area contributed by atoms with E-state index in [9.17, 15) is 18.8 Å². The highest BCUT2D eigenvalue weighted by molar-refractivity contribution is 5.70. The van der Waals surface area contributed by atoms with E-state index < -0.39 is 41.0 Å². The quantitative estimate of drug-likeness (QED) is 0.232. The fourth-order valence-electron chi connectivity index (χ4n) is 4.21. The zero-order valence-corrected chi connectivity index (χ0v) is 23.6. The van der Waals surface area contributed by atoms with Gasteiger partial charge in [-0.2, -0.15) is 15.5 Å². The molecule has 0 amide bonds. The van der Waals surface area contributed by atoms with Gasteiger partial charge in [0.15, 0.2) is 29.1 Å². The van der Waals surface area contributed by atoms with E-state index in [0.717, 1.165) is 18.2 Å². The Morgan fingerprint density at radius 1 is 1.07 bits per heavy atom. The first-order valence-corrected chi connectivity index (χ1v) is 13.0. The van der Waals surface area contributed by atoms with Crippen molar-refractivity contribution in [1.82, 2.24) is 25.0 Å². The van der Waals surface area contributed by atoms with Gasteiger partial charge in [-0.3, -0.25) is 9.78 Å². The Morgan fingerprint density at radius 3 is 2.43 bits per heavy atom. The zero-order chi connectivity index (χ0) is 30.6. The SMILES string of the molecule is Cc1ncc(Nc2nc(N[C@H](c3ccc(F)c(F)c3)[C@H](C)CC(=O)OC(C)(C)C)c(F)cc2C#N)cc1-n1nccn1. The number of carbonyl (C=O) groups excluding carboxylic acids is 1. The van der Waals surface area contributed by atoms with Crippen LogP contribution in [0.3, 0.4) is 0 Å². The second-order valence-corrected chi connectivity index (χ2v) is 10.7. The van der Waals surface area contributed by atoms with Crippen LogP contribution in [-0.2, 0) is 9.53 Å². The number of anilines is 3. The summed E-state index contributed by atoms with van der Waals surface area (Å²) in [6.07, 6.45) is 4.42. The second kappa shape index (κ2) is 12.3. The van der Waals surface area contributed by atoms with Gasteiger partial charge >= 0.3 is 5.97 Å². The molecule has 42 heavy (non-hydrogen) atoms. The van der Waals surface area contributed by atoms with Gasteiger partial charge in [0.25, 0.3) is 0 Å². The van der Waals surface area contributed by atoms with Gasteiger partial charge in [-0.1, -0.05) is 13.0 Å². The summed E-state index contributed by atoms with van der Waals surface area (Å²) in [6.45, 7) is 8.64. The number of aryl methyl sites for hydroxylation is 1. The van der Waals surface area contributed by atoms with Crippen LogP contribution in [0.2, 0.25) is 0 Å². The van der Waals surface area contributed by atoms with Gasteiger partial charge < -0.3 is 15.4 Å². The highest BCUT2D eigenvalue weighted by Crippen LogP contribution is 2.33. The maximum absolute atomic E-state index is 15.3. The first-order chi connectivity index (χ1) is 19.8. The highest BCUT2D eigenvalue weighted by atomic mass is 19.2. The molecule has 13 heteroatoms. The Bertz CT molecular complexity index is 1630. The first-order valence-electron chi connectivity index (χ1n) is 13.0. The van der Waals surface area contributed by atoms with E-state index in [-0.39, 0.29) is 29.2 Å². The van der Waals surface area contributed by atoms with Crippen molar-refractivity contribution in [2.24, 2.45) is 5.92 Å². The van der Waals surface area contributed by atoms with Gasteiger partial charge in [-0.25, -0.2) is 18.2 Å². The number of ether oxygens (including phenoxy) is 1. The smallest absolute Gasteiger partial charge is 0.306 e. The number of hydrogen-bond donors (Lipinski definition) is 2. The molecular formula is C29H29F3N8O2. The number of nitrogens with zero attached hydrogens (tertiary/aromatic N) is 6. The second-order valence-electron chi connectivity index (χ2n) is 10.7. The average Bonchev–Trinajstić information content (AvgIpc) is 3.45. The molecule has 0 aliphatic rings. The van der Waals surface area contributed by atoms with Crippen LogP contribution in [0.25, 0.3) is 5.69 Å². The number of nitriles is 1. The summed E-state index contributed by atoms with van der Waals surface area (Å²) in [4.78, 5) is 22.6. The van der Waals surface area contributed by atoms with Crippen LogP contribution in [0.5, 0.6) is 0 Å². The molecule has 3 heterocycles. The number of rotatable bonds is 9. The van der Waals surface area contributed by atoms with Crippen molar-refractivity contribution in [3.8, 4) is 11.8 Å². The molecule has 0 spiro atoms. The molecule has 0 aliphatic carbocycles. The Morgan fingerprint density at radius 2 is 1.79 bits per heavy atom. The molecule has 0 saturated carbocycles. The minimum absolute atomic E-state index is 0.00950. The number of pyridine rings is 2. The third kappa shape index (κ3) is 7.20. The van der Waals surface area contributed by atoms with E-state index in [4.69, 9.17) is 4.74 Å². The van der Waals surface area contributed by atoms with Gasteiger partial charge in [0.05, 0.1) is 48.0 Å². The lowest BCUT2D eigenvalue weighted by Crippen LogP contribution is -2.28. The molecule has 2 atom stereocenters. The Hall–Kier alpha value is -4.99. The van der Waals surface area contributed by atoms with E-state index in [0.29, 0.717) is 17.1 Å². The normalized spacial score (nSPS) is 12.7. The molecule has 2 N–H and O–H groups in total. The van der Waals surface area contributed by atoms with E-state index >= 15 is 4.39 Å². The molecule has 0 bridgehead atoms. The Kier molecular flexibility index (Phi) is 8.75. The summed E-state index contributed by atoms with van der Waals surface area (Å²) >= 11 is 0. The van der Waals surface area contributed by atoms with Gasteiger partial charge in [0.1, 0.15) is 17.4 Å². The summed E-state index contributed by atoms with van der Waals surface area (Å²) in [6, 6.07) is 6.96. The maximum Gasteiger partial charge on any atom is 0.306 e. The number of nitrogens with one attached hydrogen (secondary N) is 2. The minimum atomic E-state index is -1.10. The maximum atomic E-state index is 15.3. The van der Waals surface area contributed by atoms with Crippen molar-refractivity contribution in [2.45, 2.75) is 52.7 Å². The predicted molar refractivity (Wildman–Crippen MR) is 148 cm³/mol. The van der Waals surface area contributed by atoms with Gasteiger partial charge in [-0.05, 0) is 63.4 Å². The number of hydrogen-bond acceptors (Lipinski definition) is 9. The van der Waals surface area contributed by atoms with Crippen molar-refractivity contribution >= 4 is 23.3 Å². The molecule has 218 valence electrons. The third-order valence-electron chi connectivity index (χ3n) is 6.13. The summed E-state index contributed by atoms with van der Waals surface area (Å²) in [5.74, 6) is -4.39. The van der Waals surface area contributed by atoms with E-state index in [1.54, 1.807) is 40.7 Å². The van der Waals surface area contributed by atoms with Crippen LogP contribution >= 0.6 is 0 Å². The van der Waals surface area contributed by atoms with E-state index in [1.807, 2.05) is 6.07 Å². The zero-order valence-electron chi connectivity index (χ0n) is 23.6. The monoisotopic (exact) mass is 578 g/mol. The van der Waals surface area contributed by atoms with Crippen molar-refractivity contribution in [1.29, 1.82) is 5.26 Å². The number of benzene rings is 1. The Balaban J connectivity index is 1.69. The van der Waals surface area contributed by atoms with Gasteiger partial charge in [0, 0.05) is 0 Å². The third-order valence-corrected chi connectivity index (χ3v) is 6.13. The average molecular weight is 579 g/mol. The molecule has 0 saturated heterocycles. The number of halogens is 3. The van der Waals surface area contributed by atoms with Crippen molar-refractivity contribution < 1.29 is 22.7 Å². The first kappa shape index (κ1) is 30.0.